The number of rotatable bonds is 6. The number of nitrogens with one attached hydrogen (secondary N) is 1. The smallest absolute Gasteiger partial charge is 0.415 e. The normalized spacial score (nSPS) is 9.92. The Morgan fingerprint density at radius 3 is 2.50 bits per heavy atom. The van der Waals surface area contributed by atoms with Crippen molar-refractivity contribution in [2.24, 2.45) is 0 Å². The van der Waals surface area contributed by atoms with Gasteiger partial charge in [-0.1, -0.05) is 41.4 Å². The molecule has 0 spiro atoms. The second-order valence-electron chi connectivity index (χ2n) is 4.40. The average Bonchev–Trinajstić information content (AvgIpc) is 2.56. The Balaban J connectivity index is 1.67. The Kier molecular flexibility index (Phi) is 6.72. The number of amides is 1. The minimum absolute atomic E-state index is 0.136. The summed E-state index contributed by atoms with van der Waals surface area (Å²) in [6.07, 6.45) is -0.823. The molecule has 0 aromatic heterocycles. The first-order valence-electron chi connectivity index (χ1n) is 6.79. The van der Waals surface area contributed by atoms with E-state index in [0.29, 0.717) is 10.8 Å². The fourth-order valence-corrected chi connectivity index (χ4v) is 2.02. The first kappa shape index (κ1) is 17.9. The van der Waals surface area contributed by atoms with E-state index in [4.69, 9.17) is 37.4 Å². The molecule has 0 unspecified atom stereocenters. The summed E-state index contributed by atoms with van der Waals surface area (Å²) in [4.78, 5) is 23.0. The molecule has 2 aromatic rings. The van der Waals surface area contributed by atoms with Crippen LogP contribution in [0.5, 0.6) is 11.5 Å². The number of ether oxygens (including phenoxy) is 3. The van der Waals surface area contributed by atoms with E-state index >= 15 is 0 Å². The van der Waals surface area contributed by atoms with Gasteiger partial charge in [0, 0.05) is 5.02 Å². The Morgan fingerprint density at radius 1 is 1.04 bits per heavy atom. The molecule has 8 heteroatoms. The number of carbonyl (C=O) groups excluding carboxylic acids is 2. The maximum Gasteiger partial charge on any atom is 0.415 e. The topological polar surface area (TPSA) is 73.9 Å². The molecule has 126 valence electrons. The molecule has 2 aromatic carbocycles. The summed E-state index contributed by atoms with van der Waals surface area (Å²) in [7, 11) is 0. The van der Waals surface area contributed by atoms with Crippen molar-refractivity contribution in [3.8, 4) is 11.5 Å². The molecule has 24 heavy (non-hydrogen) atoms. The van der Waals surface area contributed by atoms with Gasteiger partial charge in [0.15, 0.2) is 19.1 Å². The zero-order valence-corrected chi connectivity index (χ0v) is 13.8. The van der Waals surface area contributed by atoms with E-state index in [2.05, 4.69) is 5.32 Å². The highest BCUT2D eigenvalue weighted by Crippen LogP contribution is 2.27. The minimum Gasteiger partial charge on any atom is -0.482 e. The highest BCUT2D eigenvalue weighted by molar-refractivity contribution is 6.35. The lowest BCUT2D eigenvalue weighted by Gasteiger charge is -2.09. The van der Waals surface area contributed by atoms with E-state index in [1.165, 1.54) is 18.2 Å². The number of esters is 1. The van der Waals surface area contributed by atoms with Crippen molar-refractivity contribution in [3.63, 3.8) is 0 Å². The summed E-state index contributed by atoms with van der Waals surface area (Å²) in [6.45, 7) is -0.634. The second kappa shape index (κ2) is 9.00. The summed E-state index contributed by atoms with van der Waals surface area (Å²) in [5.41, 5.74) is 0. The predicted octanol–water partition coefficient (Wildman–Crippen LogP) is 3.66. The number of carbonyl (C=O) groups is 2. The largest absolute Gasteiger partial charge is 0.482 e. The van der Waals surface area contributed by atoms with Gasteiger partial charge < -0.3 is 14.2 Å². The fraction of sp³-hybridized carbons (Fsp3) is 0.125. The van der Waals surface area contributed by atoms with Crippen LogP contribution in [0.15, 0.2) is 48.5 Å². The monoisotopic (exact) mass is 369 g/mol. The summed E-state index contributed by atoms with van der Waals surface area (Å²) in [5, 5.41) is 2.85. The lowest BCUT2D eigenvalue weighted by molar-refractivity contribution is -0.146. The van der Waals surface area contributed by atoms with Crippen LogP contribution in [0, 0.1) is 0 Å². The number of benzene rings is 2. The van der Waals surface area contributed by atoms with E-state index < -0.39 is 12.1 Å². The summed E-state index contributed by atoms with van der Waals surface area (Å²) >= 11 is 11.6. The Bertz CT molecular complexity index is 709. The van der Waals surface area contributed by atoms with Crippen LogP contribution in [0.4, 0.5) is 4.79 Å². The highest BCUT2D eigenvalue weighted by Gasteiger charge is 2.10. The van der Waals surface area contributed by atoms with Crippen molar-refractivity contribution in [2.75, 3.05) is 13.3 Å². The van der Waals surface area contributed by atoms with Crippen molar-refractivity contribution in [1.29, 1.82) is 0 Å². The van der Waals surface area contributed by atoms with Gasteiger partial charge in [0.1, 0.15) is 5.75 Å². The molecule has 1 amide bonds. The van der Waals surface area contributed by atoms with Crippen molar-refractivity contribution in [1.82, 2.24) is 5.32 Å². The third kappa shape index (κ3) is 5.98. The molecule has 0 atom stereocenters. The van der Waals surface area contributed by atoms with Gasteiger partial charge in [-0.25, -0.2) is 9.59 Å². The minimum atomic E-state index is -0.823. The van der Waals surface area contributed by atoms with Crippen LogP contribution in [-0.4, -0.2) is 25.4 Å². The predicted molar refractivity (Wildman–Crippen MR) is 88.5 cm³/mol. The van der Waals surface area contributed by atoms with Crippen molar-refractivity contribution in [2.45, 2.75) is 0 Å². The molecule has 0 bridgehead atoms. The van der Waals surface area contributed by atoms with Gasteiger partial charge in [-0.2, -0.15) is 0 Å². The maximum atomic E-state index is 11.6. The van der Waals surface area contributed by atoms with E-state index in [1.54, 1.807) is 24.3 Å². The third-order valence-corrected chi connectivity index (χ3v) is 3.18. The quantitative estimate of drug-likeness (QED) is 0.621. The molecule has 0 radical (unpaired) electrons. The van der Waals surface area contributed by atoms with Gasteiger partial charge in [-0.05, 0) is 30.3 Å². The van der Waals surface area contributed by atoms with Gasteiger partial charge in [-0.15, -0.1) is 0 Å². The van der Waals surface area contributed by atoms with E-state index in [0.717, 1.165) is 0 Å². The van der Waals surface area contributed by atoms with E-state index in [1.807, 2.05) is 6.07 Å². The highest BCUT2D eigenvalue weighted by atomic mass is 35.5. The maximum absolute atomic E-state index is 11.6. The zero-order chi connectivity index (χ0) is 17.4. The lowest BCUT2D eigenvalue weighted by Crippen LogP contribution is -2.31. The summed E-state index contributed by atoms with van der Waals surface area (Å²) in [5.74, 6) is 0.0418. The molecular formula is C16H13Cl2NO5. The molecule has 0 heterocycles. The molecule has 0 saturated carbocycles. The first-order chi connectivity index (χ1) is 11.5. The van der Waals surface area contributed by atoms with Gasteiger partial charge in [-0.3, -0.25) is 5.32 Å². The SMILES string of the molecule is O=C(COc1ccccc1)OCNC(=O)Oc1ccc(Cl)cc1Cl. The average molecular weight is 370 g/mol. The van der Waals surface area contributed by atoms with Crippen LogP contribution in [0.2, 0.25) is 10.0 Å². The molecule has 2 rings (SSSR count). The van der Waals surface area contributed by atoms with Crippen LogP contribution in [0.25, 0.3) is 0 Å². The molecular weight excluding hydrogens is 357 g/mol. The molecule has 0 aliphatic heterocycles. The van der Waals surface area contributed by atoms with Crippen molar-refractivity contribution in [3.05, 3.63) is 58.6 Å². The van der Waals surface area contributed by atoms with Crippen LogP contribution in [0.3, 0.4) is 0 Å². The Labute approximate surface area is 148 Å². The summed E-state index contributed by atoms with van der Waals surface area (Å²) in [6, 6.07) is 13.2. The van der Waals surface area contributed by atoms with Gasteiger partial charge in [0.2, 0.25) is 0 Å². The van der Waals surface area contributed by atoms with Crippen LogP contribution in [-0.2, 0) is 9.53 Å². The van der Waals surface area contributed by atoms with E-state index in [-0.39, 0.29) is 24.1 Å². The number of hydrogen-bond donors (Lipinski definition) is 1. The van der Waals surface area contributed by atoms with Crippen molar-refractivity contribution >= 4 is 35.3 Å². The number of hydrogen-bond acceptors (Lipinski definition) is 5. The van der Waals surface area contributed by atoms with Crippen LogP contribution < -0.4 is 14.8 Å². The van der Waals surface area contributed by atoms with Gasteiger partial charge in [0.05, 0.1) is 5.02 Å². The lowest BCUT2D eigenvalue weighted by atomic mass is 10.3. The third-order valence-electron chi connectivity index (χ3n) is 2.65. The zero-order valence-electron chi connectivity index (χ0n) is 12.3. The van der Waals surface area contributed by atoms with Crippen LogP contribution in [0.1, 0.15) is 0 Å². The summed E-state index contributed by atoms with van der Waals surface area (Å²) < 4.78 is 14.9. The van der Waals surface area contributed by atoms with E-state index in [9.17, 15) is 9.59 Å². The van der Waals surface area contributed by atoms with Crippen LogP contribution >= 0.6 is 23.2 Å². The molecule has 0 saturated heterocycles. The molecule has 6 nitrogen and oxygen atoms in total. The molecule has 0 aliphatic carbocycles. The Morgan fingerprint density at radius 2 is 1.79 bits per heavy atom. The number of para-hydroxylation sites is 1. The first-order valence-corrected chi connectivity index (χ1v) is 7.54. The number of halogens is 2. The van der Waals surface area contributed by atoms with Gasteiger partial charge in [0.25, 0.3) is 0 Å². The standard InChI is InChI=1S/C16H13Cl2NO5/c17-11-6-7-14(13(18)8-11)24-16(21)19-10-23-15(20)9-22-12-4-2-1-3-5-12/h1-8H,9-10H2,(H,19,21). The Hall–Kier alpha value is -2.44. The molecule has 0 aliphatic rings. The van der Waals surface area contributed by atoms with Crippen molar-refractivity contribution < 1.29 is 23.8 Å². The van der Waals surface area contributed by atoms with Gasteiger partial charge >= 0.3 is 12.1 Å². The fourth-order valence-electron chi connectivity index (χ4n) is 1.57. The molecule has 0 fully saturated rings. The molecule has 1 N–H and O–H groups in total. The second-order valence-corrected chi connectivity index (χ2v) is 5.25.